The van der Waals surface area contributed by atoms with Crippen LogP contribution in [0.5, 0.6) is 5.75 Å². The van der Waals surface area contributed by atoms with Crippen LogP contribution in [0.4, 0.5) is 5.69 Å². The number of anilines is 1. The number of hydrogen-bond donors (Lipinski definition) is 1. The van der Waals surface area contributed by atoms with Crippen LogP contribution in [0.2, 0.25) is 0 Å². The molecule has 10 heteroatoms. The van der Waals surface area contributed by atoms with Crippen LogP contribution < -0.4 is 13.8 Å². The van der Waals surface area contributed by atoms with E-state index < -0.39 is 31.9 Å². The number of hydrogen-bond acceptors (Lipinski definition) is 6. The molecule has 1 N–H and O–H groups in total. The van der Waals surface area contributed by atoms with Crippen molar-refractivity contribution in [2.75, 3.05) is 23.7 Å². The Kier molecular flexibility index (Phi) is 5.97. The van der Waals surface area contributed by atoms with Gasteiger partial charge in [-0.1, -0.05) is 19.1 Å². The molecule has 1 fully saturated rings. The molecule has 3 rings (SSSR count). The van der Waals surface area contributed by atoms with Crippen LogP contribution in [0.15, 0.2) is 53.4 Å². The maximum absolute atomic E-state index is 12.5. The first-order valence-electron chi connectivity index (χ1n) is 8.93. The summed E-state index contributed by atoms with van der Waals surface area (Å²) in [5, 5.41) is 0. The molecule has 0 saturated carbocycles. The van der Waals surface area contributed by atoms with Gasteiger partial charge in [0.2, 0.25) is 26.0 Å². The molecule has 1 atom stereocenters. The van der Waals surface area contributed by atoms with E-state index in [1.54, 1.807) is 20.1 Å². The molecule has 1 amide bonds. The van der Waals surface area contributed by atoms with Gasteiger partial charge in [-0.3, -0.25) is 4.79 Å². The summed E-state index contributed by atoms with van der Waals surface area (Å²) in [4.78, 5) is 12.1. The standard InChI is InChI=1S/C19H22N2O6S2/c1-14-13-28(23,24)21(19(14)22)16-6-8-18(9-7-16)29(25,26)20-11-10-15-4-3-5-17(12-15)27-2/h3-9,12,14,20H,10-11,13H2,1-2H3. The predicted octanol–water partition coefficient (Wildman–Crippen LogP) is 1.53. The first kappa shape index (κ1) is 21.3. The van der Waals surface area contributed by atoms with Crippen LogP contribution in [0, 0.1) is 5.92 Å². The van der Waals surface area contributed by atoms with Gasteiger partial charge in [-0.15, -0.1) is 0 Å². The quantitative estimate of drug-likeness (QED) is 0.702. The largest absolute Gasteiger partial charge is 0.497 e. The molecule has 1 saturated heterocycles. The van der Waals surface area contributed by atoms with Crippen LogP contribution in [-0.2, 0) is 31.3 Å². The maximum atomic E-state index is 12.5. The van der Waals surface area contributed by atoms with Gasteiger partial charge in [-0.25, -0.2) is 25.9 Å². The Labute approximate surface area is 170 Å². The lowest BCUT2D eigenvalue weighted by Crippen LogP contribution is -2.30. The Morgan fingerprint density at radius 2 is 1.86 bits per heavy atom. The highest BCUT2D eigenvalue weighted by atomic mass is 32.2. The molecular weight excluding hydrogens is 416 g/mol. The van der Waals surface area contributed by atoms with Crippen molar-refractivity contribution in [1.29, 1.82) is 0 Å². The number of carbonyl (C=O) groups is 1. The highest BCUT2D eigenvalue weighted by molar-refractivity contribution is 7.94. The molecule has 0 bridgehead atoms. The Balaban J connectivity index is 1.69. The fourth-order valence-corrected chi connectivity index (χ4v) is 5.94. The summed E-state index contributed by atoms with van der Waals surface area (Å²) >= 11 is 0. The molecule has 8 nitrogen and oxygen atoms in total. The van der Waals surface area contributed by atoms with E-state index >= 15 is 0 Å². The van der Waals surface area contributed by atoms with Gasteiger partial charge in [0.15, 0.2) is 0 Å². The van der Waals surface area contributed by atoms with Crippen LogP contribution >= 0.6 is 0 Å². The zero-order valence-electron chi connectivity index (χ0n) is 16.0. The number of benzene rings is 2. The molecule has 0 aromatic heterocycles. The number of carbonyl (C=O) groups excluding carboxylic acids is 1. The van der Waals surface area contributed by atoms with Gasteiger partial charge in [0.1, 0.15) is 5.75 Å². The minimum absolute atomic E-state index is 0.0102. The number of sulfonamides is 2. The van der Waals surface area contributed by atoms with E-state index in [0.717, 1.165) is 9.87 Å². The summed E-state index contributed by atoms with van der Waals surface area (Å²) in [5.41, 5.74) is 1.06. The van der Waals surface area contributed by atoms with Crippen molar-refractivity contribution in [2.24, 2.45) is 5.92 Å². The molecule has 0 radical (unpaired) electrons. The minimum atomic E-state index is -3.77. The van der Waals surface area contributed by atoms with Crippen molar-refractivity contribution in [3.05, 3.63) is 54.1 Å². The van der Waals surface area contributed by atoms with E-state index in [2.05, 4.69) is 4.72 Å². The average Bonchev–Trinajstić information content (AvgIpc) is 2.88. The fourth-order valence-electron chi connectivity index (χ4n) is 3.09. The topological polar surface area (TPSA) is 110 Å². The maximum Gasteiger partial charge on any atom is 0.244 e. The highest BCUT2D eigenvalue weighted by Gasteiger charge is 2.41. The van der Waals surface area contributed by atoms with E-state index in [1.807, 2.05) is 18.2 Å². The molecule has 1 unspecified atom stereocenters. The van der Waals surface area contributed by atoms with E-state index in [-0.39, 0.29) is 22.9 Å². The average molecular weight is 439 g/mol. The molecule has 1 aliphatic heterocycles. The van der Waals surface area contributed by atoms with Crippen molar-refractivity contribution in [2.45, 2.75) is 18.2 Å². The van der Waals surface area contributed by atoms with Gasteiger partial charge >= 0.3 is 0 Å². The summed E-state index contributed by atoms with van der Waals surface area (Å²) < 4.78 is 57.7. The zero-order valence-corrected chi connectivity index (χ0v) is 17.7. The molecule has 0 spiro atoms. The summed E-state index contributed by atoms with van der Waals surface area (Å²) in [5.74, 6) is -0.696. The normalized spacial score (nSPS) is 18.8. The van der Waals surface area contributed by atoms with Crippen molar-refractivity contribution < 1.29 is 26.4 Å². The second-order valence-electron chi connectivity index (χ2n) is 6.78. The smallest absolute Gasteiger partial charge is 0.244 e. The first-order chi connectivity index (χ1) is 13.6. The summed E-state index contributed by atoms with van der Waals surface area (Å²) in [7, 11) is -5.94. The van der Waals surface area contributed by atoms with Crippen LogP contribution in [-0.4, -0.2) is 42.2 Å². The van der Waals surface area contributed by atoms with Crippen molar-refractivity contribution in [1.82, 2.24) is 4.72 Å². The van der Waals surface area contributed by atoms with Crippen molar-refractivity contribution in [3.8, 4) is 5.75 Å². The molecule has 1 aliphatic rings. The summed E-state index contributed by atoms with van der Waals surface area (Å²) in [6.07, 6.45) is 0.479. The number of ether oxygens (including phenoxy) is 1. The Morgan fingerprint density at radius 3 is 2.45 bits per heavy atom. The van der Waals surface area contributed by atoms with E-state index in [0.29, 0.717) is 12.2 Å². The number of methoxy groups -OCH3 is 1. The molecule has 156 valence electrons. The van der Waals surface area contributed by atoms with Crippen molar-refractivity contribution >= 4 is 31.6 Å². The third-order valence-electron chi connectivity index (χ3n) is 4.58. The van der Waals surface area contributed by atoms with Crippen molar-refractivity contribution in [3.63, 3.8) is 0 Å². The molecular formula is C19H22N2O6S2. The predicted molar refractivity (Wildman–Crippen MR) is 109 cm³/mol. The van der Waals surface area contributed by atoms with Gasteiger partial charge < -0.3 is 4.74 Å². The molecule has 29 heavy (non-hydrogen) atoms. The van der Waals surface area contributed by atoms with Gasteiger partial charge in [0.25, 0.3) is 0 Å². The lowest BCUT2D eigenvalue weighted by atomic mass is 10.1. The fraction of sp³-hybridized carbons (Fsp3) is 0.316. The Morgan fingerprint density at radius 1 is 1.17 bits per heavy atom. The van der Waals surface area contributed by atoms with E-state index in [9.17, 15) is 21.6 Å². The summed E-state index contributed by atoms with van der Waals surface area (Å²) in [6.45, 7) is 1.73. The summed E-state index contributed by atoms with van der Waals surface area (Å²) in [6, 6.07) is 12.6. The monoisotopic (exact) mass is 438 g/mol. The number of nitrogens with zero attached hydrogens (tertiary/aromatic N) is 1. The Bertz CT molecular complexity index is 1110. The molecule has 0 aliphatic carbocycles. The lowest BCUT2D eigenvalue weighted by molar-refractivity contribution is -0.119. The second-order valence-corrected chi connectivity index (χ2v) is 10.4. The highest BCUT2D eigenvalue weighted by Crippen LogP contribution is 2.28. The lowest BCUT2D eigenvalue weighted by Gasteiger charge is -2.15. The second kappa shape index (κ2) is 8.13. The van der Waals surface area contributed by atoms with Crippen LogP contribution in [0.25, 0.3) is 0 Å². The van der Waals surface area contributed by atoms with Gasteiger partial charge in [0, 0.05) is 6.54 Å². The number of nitrogens with one attached hydrogen (secondary N) is 1. The SMILES string of the molecule is COc1cccc(CCNS(=O)(=O)c2ccc(N3C(=O)C(C)CS3(=O)=O)cc2)c1. The first-order valence-corrected chi connectivity index (χ1v) is 12.0. The van der Waals surface area contributed by atoms with Gasteiger partial charge in [0.05, 0.1) is 29.4 Å². The van der Waals surface area contributed by atoms with Gasteiger partial charge in [-0.05, 0) is 48.4 Å². The zero-order chi connectivity index (χ0) is 21.2. The molecule has 2 aromatic carbocycles. The third kappa shape index (κ3) is 4.60. The Hall–Kier alpha value is -2.43. The third-order valence-corrected chi connectivity index (χ3v) is 7.93. The number of rotatable bonds is 7. The van der Waals surface area contributed by atoms with Gasteiger partial charge in [-0.2, -0.15) is 0 Å². The van der Waals surface area contributed by atoms with E-state index in [1.165, 1.54) is 24.3 Å². The van der Waals surface area contributed by atoms with E-state index in [4.69, 9.17) is 4.74 Å². The van der Waals surface area contributed by atoms with Crippen LogP contribution in [0.1, 0.15) is 12.5 Å². The molecule has 1 heterocycles. The molecule has 2 aromatic rings. The minimum Gasteiger partial charge on any atom is -0.497 e. The number of amides is 1. The van der Waals surface area contributed by atoms with Crippen LogP contribution in [0.3, 0.4) is 0 Å².